The zero-order chi connectivity index (χ0) is 14.6. The zero-order valence-corrected chi connectivity index (χ0v) is 10.3. The molecular weight excluding hydrogens is 262 g/mol. The number of rotatable bonds is 5. The minimum absolute atomic E-state index is 0.132. The van der Waals surface area contributed by atoms with Crippen LogP contribution >= 0.6 is 0 Å². The number of hydroxylamine groups is 1. The second-order valence-corrected chi connectivity index (χ2v) is 4.18. The predicted molar refractivity (Wildman–Crippen MR) is 61.3 cm³/mol. The third-order valence-corrected chi connectivity index (χ3v) is 2.06. The lowest BCUT2D eigenvalue weighted by molar-refractivity contribution is -0.387. The van der Waals surface area contributed by atoms with Gasteiger partial charge in [0.1, 0.15) is 5.82 Å². The number of carbonyl (C=O) groups is 1. The van der Waals surface area contributed by atoms with Gasteiger partial charge >= 0.3 is 5.69 Å². The Labute approximate surface area is 107 Å². The van der Waals surface area contributed by atoms with Crippen LogP contribution in [0, 0.1) is 27.7 Å². The first kappa shape index (κ1) is 15.0. The van der Waals surface area contributed by atoms with E-state index in [-0.39, 0.29) is 18.6 Å². The van der Waals surface area contributed by atoms with Gasteiger partial charge in [0.05, 0.1) is 17.1 Å². The highest BCUT2D eigenvalue weighted by atomic mass is 19.1. The van der Waals surface area contributed by atoms with Crippen LogP contribution in [0.2, 0.25) is 0 Å². The average Bonchev–Trinajstić information content (AvgIpc) is 2.27. The van der Waals surface area contributed by atoms with Gasteiger partial charge in [0.25, 0.3) is 5.91 Å². The SMILES string of the molecule is CC(C)CONC(=O)c1cc([N+](=O)[O-])c(F)cc1F. The van der Waals surface area contributed by atoms with Crippen LogP contribution in [-0.4, -0.2) is 17.4 Å². The van der Waals surface area contributed by atoms with Crippen LogP contribution in [0.4, 0.5) is 14.5 Å². The summed E-state index contributed by atoms with van der Waals surface area (Å²) in [5.41, 5.74) is 0.301. The molecule has 0 heterocycles. The van der Waals surface area contributed by atoms with Crippen LogP contribution in [0.5, 0.6) is 0 Å². The molecule has 1 rings (SSSR count). The number of benzene rings is 1. The highest BCUT2D eigenvalue weighted by molar-refractivity contribution is 5.94. The number of hydrogen-bond acceptors (Lipinski definition) is 4. The molecule has 0 radical (unpaired) electrons. The van der Waals surface area contributed by atoms with Gasteiger partial charge in [-0.2, -0.15) is 4.39 Å². The normalized spacial score (nSPS) is 10.6. The number of nitro benzene ring substituents is 1. The molecule has 19 heavy (non-hydrogen) atoms. The molecule has 0 fully saturated rings. The van der Waals surface area contributed by atoms with Gasteiger partial charge in [-0.1, -0.05) is 13.8 Å². The van der Waals surface area contributed by atoms with E-state index in [9.17, 15) is 23.7 Å². The summed E-state index contributed by atoms with van der Waals surface area (Å²) < 4.78 is 26.4. The zero-order valence-electron chi connectivity index (χ0n) is 10.3. The summed E-state index contributed by atoms with van der Waals surface area (Å²) in [4.78, 5) is 25.7. The van der Waals surface area contributed by atoms with Crippen LogP contribution in [0.3, 0.4) is 0 Å². The van der Waals surface area contributed by atoms with E-state index < -0.39 is 33.7 Å². The summed E-state index contributed by atoms with van der Waals surface area (Å²) in [6.07, 6.45) is 0. The Hall–Kier alpha value is -2.09. The fourth-order valence-electron chi connectivity index (χ4n) is 1.18. The number of amides is 1. The van der Waals surface area contributed by atoms with Crippen molar-refractivity contribution in [3.63, 3.8) is 0 Å². The molecule has 0 saturated heterocycles. The number of carbonyl (C=O) groups excluding carboxylic acids is 1. The number of halogens is 2. The molecule has 8 heteroatoms. The molecule has 1 aromatic rings. The molecule has 1 N–H and O–H groups in total. The molecule has 1 aromatic carbocycles. The number of nitro groups is 1. The first-order chi connectivity index (χ1) is 8.82. The third kappa shape index (κ3) is 3.95. The summed E-state index contributed by atoms with van der Waals surface area (Å²) in [6, 6.07) is 0.814. The molecule has 0 aliphatic heterocycles. The van der Waals surface area contributed by atoms with Crippen molar-refractivity contribution in [3.05, 3.63) is 39.4 Å². The average molecular weight is 274 g/mol. The van der Waals surface area contributed by atoms with Crippen molar-refractivity contribution in [2.75, 3.05) is 6.61 Å². The molecule has 0 spiro atoms. The topological polar surface area (TPSA) is 81.5 Å². The van der Waals surface area contributed by atoms with E-state index in [4.69, 9.17) is 4.84 Å². The molecule has 0 bridgehead atoms. The van der Waals surface area contributed by atoms with Crippen molar-refractivity contribution in [2.45, 2.75) is 13.8 Å². The first-order valence-electron chi connectivity index (χ1n) is 5.38. The Morgan fingerprint density at radius 2 is 2.05 bits per heavy atom. The molecule has 0 aliphatic carbocycles. The number of nitrogens with one attached hydrogen (secondary N) is 1. The molecule has 104 valence electrons. The molecule has 0 aromatic heterocycles. The second kappa shape index (κ2) is 6.19. The molecule has 1 amide bonds. The molecule has 0 saturated carbocycles. The van der Waals surface area contributed by atoms with Crippen molar-refractivity contribution >= 4 is 11.6 Å². The molecule has 6 nitrogen and oxygen atoms in total. The first-order valence-corrected chi connectivity index (χ1v) is 5.38. The lowest BCUT2D eigenvalue weighted by Crippen LogP contribution is -2.26. The van der Waals surface area contributed by atoms with Gasteiger partial charge in [-0.25, -0.2) is 9.87 Å². The lowest BCUT2D eigenvalue weighted by atomic mass is 10.1. The summed E-state index contributed by atoms with van der Waals surface area (Å²) in [7, 11) is 0. The highest BCUT2D eigenvalue weighted by Gasteiger charge is 2.22. The quantitative estimate of drug-likeness (QED) is 0.659. The maximum Gasteiger partial charge on any atom is 0.305 e. The van der Waals surface area contributed by atoms with Crippen molar-refractivity contribution in [1.82, 2.24) is 5.48 Å². The Morgan fingerprint density at radius 1 is 1.42 bits per heavy atom. The van der Waals surface area contributed by atoms with Gasteiger partial charge in [-0.05, 0) is 5.92 Å². The van der Waals surface area contributed by atoms with Crippen molar-refractivity contribution in [3.8, 4) is 0 Å². The highest BCUT2D eigenvalue weighted by Crippen LogP contribution is 2.21. The van der Waals surface area contributed by atoms with Crippen LogP contribution in [0.1, 0.15) is 24.2 Å². The maximum atomic E-state index is 13.4. The van der Waals surface area contributed by atoms with Crippen LogP contribution < -0.4 is 5.48 Å². The van der Waals surface area contributed by atoms with E-state index in [1.54, 1.807) is 0 Å². The van der Waals surface area contributed by atoms with Gasteiger partial charge in [0.15, 0.2) is 0 Å². The van der Waals surface area contributed by atoms with E-state index in [0.717, 1.165) is 0 Å². The van der Waals surface area contributed by atoms with Gasteiger partial charge in [0, 0.05) is 12.1 Å². The summed E-state index contributed by atoms with van der Waals surface area (Å²) in [6.45, 7) is 3.85. The van der Waals surface area contributed by atoms with E-state index in [0.29, 0.717) is 6.07 Å². The van der Waals surface area contributed by atoms with Crippen molar-refractivity contribution < 1.29 is 23.3 Å². The largest absolute Gasteiger partial charge is 0.305 e. The van der Waals surface area contributed by atoms with Crippen LogP contribution in [0.25, 0.3) is 0 Å². The number of nitrogens with zero attached hydrogens (tertiary/aromatic N) is 1. The summed E-state index contributed by atoms with van der Waals surface area (Å²) in [5, 5.41) is 10.5. The fourth-order valence-corrected chi connectivity index (χ4v) is 1.18. The molecule has 0 unspecified atom stereocenters. The second-order valence-electron chi connectivity index (χ2n) is 4.18. The minimum Gasteiger partial charge on any atom is -0.273 e. The predicted octanol–water partition coefficient (Wildman–Crippen LogP) is 2.19. The Morgan fingerprint density at radius 3 is 2.58 bits per heavy atom. The van der Waals surface area contributed by atoms with Gasteiger partial charge in [-0.3, -0.25) is 19.7 Å². The monoisotopic (exact) mass is 274 g/mol. The van der Waals surface area contributed by atoms with E-state index in [2.05, 4.69) is 0 Å². The Kier molecular flexibility index (Phi) is 4.87. The van der Waals surface area contributed by atoms with Crippen LogP contribution in [-0.2, 0) is 4.84 Å². The lowest BCUT2D eigenvalue weighted by Gasteiger charge is -2.08. The van der Waals surface area contributed by atoms with Gasteiger partial charge < -0.3 is 0 Å². The Balaban J connectivity index is 2.90. The van der Waals surface area contributed by atoms with Gasteiger partial charge in [-0.15, -0.1) is 0 Å². The van der Waals surface area contributed by atoms with Crippen molar-refractivity contribution in [1.29, 1.82) is 0 Å². The van der Waals surface area contributed by atoms with E-state index >= 15 is 0 Å². The smallest absolute Gasteiger partial charge is 0.273 e. The van der Waals surface area contributed by atoms with Gasteiger partial charge in [0.2, 0.25) is 5.82 Å². The Bertz CT molecular complexity index is 506. The van der Waals surface area contributed by atoms with Crippen molar-refractivity contribution in [2.24, 2.45) is 5.92 Å². The van der Waals surface area contributed by atoms with Crippen LogP contribution in [0.15, 0.2) is 12.1 Å². The minimum atomic E-state index is -1.35. The molecule has 0 aliphatic rings. The molecule has 0 atom stereocenters. The molecular formula is C11H12F2N2O4. The summed E-state index contributed by atoms with van der Waals surface area (Å²) in [5.74, 6) is -3.43. The third-order valence-electron chi connectivity index (χ3n) is 2.06. The standard InChI is InChI=1S/C11H12F2N2O4/c1-6(2)5-19-14-11(16)7-3-10(15(17)18)9(13)4-8(7)12/h3-4,6H,5H2,1-2H3,(H,14,16). The van der Waals surface area contributed by atoms with E-state index in [1.807, 2.05) is 19.3 Å². The maximum absolute atomic E-state index is 13.4. The summed E-state index contributed by atoms with van der Waals surface area (Å²) >= 11 is 0. The van der Waals surface area contributed by atoms with E-state index in [1.165, 1.54) is 0 Å². The fraction of sp³-hybridized carbons (Fsp3) is 0.364. The number of hydrogen-bond donors (Lipinski definition) is 1.